The summed E-state index contributed by atoms with van der Waals surface area (Å²) in [5.74, 6) is -0.463. The van der Waals surface area contributed by atoms with E-state index in [2.05, 4.69) is 15.6 Å². The molecule has 1 unspecified atom stereocenters. The summed E-state index contributed by atoms with van der Waals surface area (Å²) >= 11 is 0. The lowest BCUT2D eigenvalue weighted by molar-refractivity contribution is -0.122. The first-order chi connectivity index (χ1) is 11.4. The third-order valence-corrected chi connectivity index (χ3v) is 4.53. The Balaban J connectivity index is 2.19. The van der Waals surface area contributed by atoms with Crippen molar-refractivity contribution in [1.82, 2.24) is 14.9 Å². The number of H-pyrrole nitrogens is 1. The summed E-state index contributed by atoms with van der Waals surface area (Å²) in [6.07, 6.45) is 0. The van der Waals surface area contributed by atoms with Gasteiger partial charge in [-0.25, -0.2) is 9.59 Å². The molecule has 2 aliphatic rings. The molecule has 0 saturated carbocycles. The fourth-order valence-corrected chi connectivity index (χ4v) is 3.41. The minimum atomic E-state index is -1.66. The van der Waals surface area contributed by atoms with Gasteiger partial charge in [-0.3, -0.25) is 24.5 Å². The highest BCUT2D eigenvalue weighted by Crippen LogP contribution is 2.45. The van der Waals surface area contributed by atoms with E-state index in [1.807, 2.05) is 0 Å². The van der Waals surface area contributed by atoms with Crippen LogP contribution in [-0.2, 0) is 17.4 Å². The average molecular weight is 327 g/mol. The molecule has 9 heteroatoms. The Hall–Kier alpha value is -3.36. The summed E-state index contributed by atoms with van der Waals surface area (Å²) in [6.45, 7) is 0. The van der Waals surface area contributed by atoms with Crippen molar-refractivity contribution < 1.29 is 9.59 Å². The van der Waals surface area contributed by atoms with Crippen molar-refractivity contribution in [3.05, 3.63) is 56.2 Å². The summed E-state index contributed by atoms with van der Waals surface area (Å²) in [6, 6.07) is 6.22. The Morgan fingerprint density at radius 2 is 1.75 bits per heavy atom. The van der Waals surface area contributed by atoms with Gasteiger partial charge in [-0.15, -0.1) is 0 Å². The normalized spacial score (nSPS) is 21.3. The molecule has 122 valence electrons. The molecule has 0 saturated heterocycles. The molecule has 0 radical (unpaired) electrons. The lowest BCUT2D eigenvalue weighted by Gasteiger charge is -2.35. The third kappa shape index (κ3) is 1.48. The number of likely N-dealkylation sites (N-methyl/N-ethyl adjacent to an activating group) is 1. The Labute approximate surface area is 134 Å². The largest absolute Gasteiger partial charge is 0.329 e. The smallest absolute Gasteiger partial charge is 0.315 e. The zero-order valence-electron chi connectivity index (χ0n) is 12.8. The van der Waals surface area contributed by atoms with Gasteiger partial charge in [-0.2, -0.15) is 0 Å². The fraction of sp³-hybridized carbons (Fsp3) is 0.200. The van der Waals surface area contributed by atoms with Crippen molar-refractivity contribution in [2.24, 2.45) is 7.05 Å². The number of hydrogen-bond acceptors (Lipinski definition) is 4. The van der Waals surface area contributed by atoms with Crippen LogP contribution in [0.4, 0.5) is 16.3 Å². The Morgan fingerprint density at radius 1 is 1.04 bits per heavy atom. The number of nitrogens with zero attached hydrogens (tertiary/aromatic N) is 2. The molecule has 1 spiro atoms. The van der Waals surface area contributed by atoms with E-state index < -0.39 is 28.7 Å². The molecule has 2 aliphatic heterocycles. The molecule has 1 aromatic carbocycles. The second kappa shape index (κ2) is 4.34. The number of rotatable bonds is 0. The van der Waals surface area contributed by atoms with E-state index in [0.717, 1.165) is 4.57 Å². The molecule has 0 fully saturated rings. The number of anilines is 2. The molecule has 4 rings (SSSR count). The van der Waals surface area contributed by atoms with Gasteiger partial charge >= 0.3 is 11.7 Å². The van der Waals surface area contributed by atoms with Crippen molar-refractivity contribution >= 4 is 23.4 Å². The predicted molar refractivity (Wildman–Crippen MR) is 85.1 cm³/mol. The van der Waals surface area contributed by atoms with E-state index >= 15 is 0 Å². The number of fused-ring (bicyclic) bond motifs is 4. The molecule has 24 heavy (non-hydrogen) atoms. The number of para-hydroxylation sites is 1. The molecule has 1 aromatic heterocycles. The fourth-order valence-electron chi connectivity index (χ4n) is 3.41. The monoisotopic (exact) mass is 327 g/mol. The number of amides is 3. The number of benzene rings is 1. The van der Waals surface area contributed by atoms with E-state index in [4.69, 9.17) is 0 Å². The van der Waals surface area contributed by atoms with Gasteiger partial charge in [0.05, 0.1) is 5.56 Å². The van der Waals surface area contributed by atoms with E-state index in [0.29, 0.717) is 11.3 Å². The summed E-state index contributed by atoms with van der Waals surface area (Å²) in [7, 11) is 2.98. The van der Waals surface area contributed by atoms with Crippen LogP contribution in [0.3, 0.4) is 0 Å². The van der Waals surface area contributed by atoms with Crippen LogP contribution in [-0.4, -0.2) is 28.5 Å². The van der Waals surface area contributed by atoms with Crippen LogP contribution in [0.1, 0.15) is 11.1 Å². The van der Waals surface area contributed by atoms with E-state index in [1.54, 1.807) is 31.3 Å². The third-order valence-electron chi connectivity index (χ3n) is 4.53. The van der Waals surface area contributed by atoms with Crippen LogP contribution in [0.5, 0.6) is 0 Å². The molecule has 3 heterocycles. The number of aromatic nitrogens is 2. The van der Waals surface area contributed by atoms with Crippen molar-refractivity contribution in [3.8, 4) is 0 Å². The van der Waals surface area contributed by atoms with Gasteiger partial charge in [0, 0.05) is 25.3 Å². The SMILES string of the molecule is CN1C(=O)C2(NC(=O)Nc3c2c(=O)[nH]c(=O)n3C)c2ccccc21. The van der Waals surface area contributed by atoms with Gasteiger partial charge in [0.15, 0.2) is 5.54 Å². The van der Waals surface area contributed by atoms with E-state index in [1.165, 1.54) is 11.9 Å². The van der Waals surface area contributed by atoms with Gasteiger partial charge in [-0.05, 0) is 6.07 Å². The number of nitrogens with one attached hydrogen (secondary N) is 3. The van der Waals surface area contributed by atoms with Gasteiger partial charge in [0.1, 0.15) is 5.82 Å². The van der Waals surface area contributed by atoms with Crippen molar-refractivity contribution in [2.75, 3.05) is 17.3 Å². The minimum Gasteiger partial charge on any atom is -0.315 e. The quantitative estimate of drug-likeness (QED) is 0.601. The Kier molecular flexibility index (Phi) is 2.58. The summed E-state index contributed by atoms with van der Waals surface area (Å²) in [5, 5.41) is 5.04. The Bertz CT molecular complexity index is 1040. The van der Waals surface area contributed by atoms with Crippen LogP contribution < -0.4 is 26.8 Å². The van der Waals surface area contributed by atoms with Crippen LogP contribution >= 0.6 is 0 Å². The number of aromatic amines is 1. The summed E-state index contributed by atoms with van der Waals surface area (Å²) in [4.78, 5) is 53.2. The molecule has 1 atom stereocenters. The lowest BCUT2D eigenvalue weighted by Crippen LogP contribution is -2.61. The molecule has 2 aromatic rings. The zero-order valence-corrected chi connectivity index (χ0v) is 12.8. The van der Waals surface area contributed by atoms with Gasteiger partial charge in [0.25, 0.3) is 11.5 Å². The maximum atomic E-state index is 13.0. The van der Waals surface area contributed by atoms with E-state index in [9.17, 15) is 19.2 Å². The summed E-state index contributed by atoms with van der Waals surface area (Å²) < 4.78 is 1.10. The van der Waals surface area contributed by atoms with Crippen LogP contribution in [0.15, 0.2) is 33.9 Å². The standard InChI is InChI=1S/C15H13N5O4/c1-19-8-6-4-3-5-7(8)15(12(19)22)9-10(16-13(23)18-15)20(2)14(24)17-11(9)21/h3-6H,1-2H3,(H2,16,18,23)(H,17,21,24). The lowest BCUT2D eigenvalue weighted by atomic mass is 9.83. The van der Waals surface area contributed by atoms with Crippen molar-refractivity contribution in [1.29, 1.82) is 0 Å². The second-order valence-electron chi connectivity index (χ2n) is 5.75. The highest BCUT2D eigenvalue weighted by atomic mass is 16.2. The van der Waals surface area contributed by atoms with Crippen molar-refractivity contribution in [3.63, 3.8) is 0 Å². The molecular formula is C15H13N5O4. The number of carbonyl (C=O) groups excluding carboxylic acids is 2. The first-order valence-corrected chi connectivity index (χ1v) is 7.18. The maximum Gasteiger partial charge on any atom is 0.329 e. The number of carbonyl (C=O) groups is 2. The average Bonchev–Trinajstić information content (AvgIpc) is 2.75. The zero-order chi connectivity index (χ0) is 17.2. The van der Waals surface area contributed by atoms with Crippen molar-refractivity contribution in [2.45, 2.75) is 5.54 Å². The number of hydrogen-bond donors (Lipinski definition) is 3. The molecular weight excluding hydrogens is 314 g/mol. The molecule has 0 bridgehead atoms. The van der Waals surface area contributed by atoms with Crippen LogP contribution in [0.2, 0.25) is 0 Å². The van der Waals surface area contributed by atoms with Gasteiger partial charge in [-0.1, -0.05) is 18.2 Å². The Morgan fingerprint density at radius 3 is 2.50 bits per heavy atom. The van der Waals surface area contributed by atoms with Crippen LogP contribution in [0, 0.1) is 0 Å². The highest BCUT2D eigenvalue weighted by Gasteiger charge is 2.57. The number of urea groups is 1. The summed E-state index contributed by atoms with van der Waals surface area (Å²) in [5.41, 5.74) is -2.00. The first kappa shape index (κ1) is 14.2. The van der Waals surface area contributed by atoms with E-state index in [-0.39, 0.29) is 11.4 Å². The second-order valence-corrected chi connectivity index (χ2v) is 5.75. The maximum absolute atomic E-state index is 13.0. The van der Waals surface area contributed by atoms with Crippen LogP contribution in [0.25, 0.3) is 0 Å². The molecule has 3 amide bonds. The topological polar surface area (TPSA) is 116 Å². The van der Waals surface area contributed by atoms with Gasteiger partial charge in [0.2, 0.25) is 0 Å². The highest BCUT2D eigenvalue weighted by molar-refractivity contribution is 6.14. The molecule has 9 nitrogen and oxygen atoms in total. The first-order valence-electron chi connectivity index (χ1n) is 7.18. The molecule has 3 N–H and O–H groups in total. The van der Waals surface area contributed by atoms with Gasteiger partial charge < -0.3 is 10.2 Å². The minimum absolute atomic E-state index is 0.00551. The predicted octanol–water partition coefficient (Wildman–Crippen LogP) is -0.571. The molecule has 0 aliphatic carbocycles.